The normalized spacial score (nSPS) is 11.2. The van der Waals surface area contributed by atoms with Crippen molar-refractivity contribution in [3.8, 4) is 5.75 Å². The minimum atomic E-state index is -3.82. The van der Waals surface area contributed by atoms with Crippen LogP contribution in [-0.2, 0) is 25.7 Å². The van der Waals surface area contributed by atoms with E-state index >= 15 is 0 Å². The van der Waals surface area contributed by atoms with E-state index in [1.165, 1.54) is 12.1 Å². The van der Waals surface area contributed by atoms with Crippen LogP contribution in [0.5, 0.6) is 5.75 Å². The number of carbonyl (C=O) groups is 1. The highest BCUT2D eigenvalue weighted by molar-refractivity contribution is 7.86. The zero-order chi connectivity index (χ0) is 16.9. The van der Waals surface area contributed by atoms with E-state index in [9.17, 15) is 13.2 Å². The van der Waals surface area contributed by atoms with Gasteiger partial charge in [0, 0.05) is 0 Å². The molecule has 0 aliphatic heterocycles. The molecule has 1 N–H and O–H groups in total. The topological polar surface area (TPSA) is 89.9 Å². The lowest BCUT2D eigenvalue weighted by atomic mass is 10.2. The van der Waals surface area contributed by atoms with Crippen molar-refractivity contribution in [2.45, 2.75) is 18.4 Å². The summed E-state index contributed by atoms with van der Waals surface area (Å²) < 4.78 is 34.1. The highest BCUT2D eigenvalue weighted by atomic mass is 32.2. The first-order chi connectivity index (χ1) is 10.9. The van der Waals surface area contributed by atoms with Crippen LogP contribution in [0.25, 0.3) is 0 Å². The second-order valence-electron chi connectivity index (χ2n) is 4.86. The number of carboxylic acids is 1. The van der Waals surface area contributed by atoms with Crippen molar-refractivity contribution in [2.24, 2.45) is 0 Å². The summed E-state index contributed by atoms with van der Waals surface area (Å²) in [6, 6.07) is 12.7. The molecule has 0 bridgehead atoms. The van der Waals surface area contributed by atoms with Gasteiger partial charge >= 0.3 is 5.97 Å². The molecule has 2 aromatic rings. The molecule has 0 aliphatic rings. The number of carboxylic acid groups (broad SMARTS) is 1. The number of ether oxygens (including phenoxy) is 1. The lowest BCUT2D eigenvalue weighted by molar-refractivity contribution is -0.139. The van der Waals surface area contributed by atoms with Gasteiger partial charge < -0.3 is 9.84 Å². The van der Waals surface area contributed by atoms with Gasteiger partial charge in [-0.25, -0.2) is 4.79 Å². The van der Waals surface area contributed by atoms with Crippen LogP contribution in [0.3, 0.4) is 0 Å². The highest BCUT2D eigenvalue weighted by Gasteiger charge is 2.14. The molecule has 122 valence electrons. The van der Waals surface area contributed by atoms with Gasteiger partial charge in [0.1, 0.15) is 5.75 Å². The average molecular weight is 336 g/mol. The molecule has 6 nitrogen and oxygen atoms in total. The van der Waals surface area contributed by atoms with Crippen molar-refractivity contribution < 1.29 is 27.2 Å². The summed E-state index contributed by atoms with van der Waals surface area (Å²) in [7, 11) is -3.82. The van der Waals surface area contributed by atoms with Crippen molar-refractivity contribution in [3.63, 3.8) is 0 Å². The van der Waals surface area contributed by atoms with E-state index in [4.69, 9.17) is 14.0 Å². The summed E-state index contributed by atoms with van der Waals surface area (Å²) in [6.07, 6.45) is 0. The molecule has 0 spiro atoms. The summed E-state index contributed by atoms with van der Waals surface area (Å²) in [5, 5.41) is 8.52. The van der Waals surface area contributed by atoms with E-state index < -0.39 is 22.7 Å². The fourth-order valence-electron chi connectivity index (χ4n) is 1.75. The lowest BCUT2D eigenvalue weighted by Crippen LogP contribution is -2.09. The Balaban J connectivity index is 1.97. The molecule has 0 amide bonds. The van der Waals surface area contributed by atoms with Gasteiger partial charge in [-0.2, -0.15) is 8.42 Å². The molecule has 2 rings (SSSR count). The van der Waals surface area contributed by atoms with Crippen LogP contribution in [-0.4, -0.2) is 26.1 Å². The molecular formula is C16H16O6S. The molecule has 2 aromatic carbocycles. The van der Waals surface area contributed by atoms with Crippen LogP contribution in [0.4, 0.5) is 0 Å². The summed E-state index contributed by atoms with van der Waals surface area (Å²) in [5.74, 6) is -0.681. The fourth-order valence-corrected chi connectivity index (χ4v) is 2.64. The standard InChI is InChI=1S/C16H16O6S/c1-12-2-8-15(9-3-12)23(19,20)22-10-13-4-6-14(7-5-13)21-11-16(17)18/h2-9H,10-11H2,1H3,(H,17,18). The van der Waals surface area contributed by atoms with Crippen molar-refractivity contribution in [2.75, 3.05) is 6.61 Å². The minimum Gasteiger partial charge on any atom is -0.482 e. The van der Waals surface area contributed by atoms with Gasteiger partial charge in [-0.1, -0.05) is 29.8 Å². The molecule has 7 heteroatoms. The molecule has 0 saturated carbocycles. The maximum atomic E-state index is 12.0. The molecule has 0 aromatic heterocycles. The Kier molecular flexibility index (Phi) is 5.36. The van der Waals surface area contributed by atoms with E-state index in [1.807, 2.05) is 6.92 Å². The van der Waals surface area contributed by atoms with Gasteiger partial charge in [-0.15, -0.1) is 0 Å². The smallest absolute Gasteiger partial charge is 0.341 e. The van der Waals surface area contributed by atoms with Crippen LogP contribution < -0.4 is 4.74 Å². The monoisotopic (exact) mass is 336 g/mol. The van der Waals surface area contributed by atoms with Gasteiger partial charge in [-0.3, -0.25) is 4.18 Å². The van der Waals surface area contributed by atoms with Crippen LogP contribution in [0.2, 0.25) is 0 Å². The lowest BCUT2D eigenvalue weighted by Gasteiger charge is -2.07. The fraction of sp³-hybridized carbons (Fsp3) is 0.188. The Labute approximate surface area is 134 Å². The van der Waals surface area contributed by atoms with Gasteiger partial charge in [0.25, 0.3) is 10.1 Å². The number of hydrogen-bond donors (Lipinski definition) is 1. The number of rotatable bonds is 7. The quantitative estimate of drug-likeness (QED) is 0.781. The van der Waals surface area contributed by atoms with Crippen molar-refractivity contribution in [1.82, 2.24) is 0 Å². The Morgan fingerprint density at radius 3 is 2.22 bits per heavy atom. The number of aliphatic carboxylic acids is 1. The zero-order valence-electron chi connectivity index (χ0n) is 12.4. The van der Waals surface area contributed by atoms with Crippen LogP contribution in [0.15, 0.2) is 53.4 Å². The number of aryl methyl sites for hydroxylation is 1. The van der Waals surface area contributed by atoms with Gasteiger partial charge in [0.05, 0.1) is 11.5 Å². The predicted molar refractivity (Wildman–Crippen MR) is 82.7 cm³/mol. The van der Waals surface area contributed by atoms with E-state index in [-0.39, 0.29) is 11.5 Å². The zero-order valence-corrected chi connectivity index (χ0v) is 13.2. The first-order valence-corrected chi connectivity index (χ1v) is 8.17. The maximum Gasteiger partial charge on any atom is 0.341 e. The third kappa shape index (κ3) is 5.08. The summed E-state index contributed by atoms with van der Waals surface area (Å²) in [6.45, 7) is 1.32. The Bertz CT molecular complexity index is 763. The third-order valence-electron chi connectivity index (χ3n) is 2.98. The van der Waals surface area contributed by atoms with Crippen molar-refractivity contribution >= 4 is 16.1 Å². The van der Waals surface area contributed by atoms with E-state index in [0.717, 1.165) is 5.56 Å². The molecule has 0 saturated heterocycles. The van der Waals surface area contributed by atoms with E-state index in [0.29, 0.717) is 11.3 Å². The molecule has 0 radical (unpaired) electrons. The number of hydrogen-bond acceptors (Lipinski definition) is 5. The molecule has 0 unspecified atom stereocenters. The van der Waals surface area contributed by atoms with Gasteiger partial charge in [0.2, 0.25) is 0 Å². The van der Waals surface area contributed by atoms with Gasteiger partial charge in [-0.05, 0) is 36.8 Å². The Hall–Kier alpha value is -2.38. The van der Waals surface area contributed by atoms with Crippen LogP contribution >= 0.6 is 0 Å². The molecular weight excluding hydrogens is 320 g/mol. The van der Waals surface area contributed by atoms with E-state index in [1.54, 1.807) is 36.4 Å². The minimum absolute atomic E-state index is 0.101. The molecule has 0 atom stereocenters. The summed E-state index contributed by atoms with van der Waals surface area (Å²) in [4.78, 5) is 10.5. The molecule has 23 heavy (non-hydrogen) atoms. The number of benzene rings is 2. The second kappa shape index (κ2) is 7.26. The SMILES string of the molecule is Cc1ccc(S(=O)(=O)OCc2ccc(OCC(=O)O)cc2)cc1. The summed E-state index contributed by atoms with van der Waals surface area (Å²) in [5.41, 5.74) is 1.59. The predicted octanol–water partition coefficient (Wildman–Crippen LogP) is 2.36. The second-order valence-corrected chi connectivity index (χ2v) is 6.47. The first kappa shape index (κ1) is 17.0. The van der Waals surface area contributed by atoms with Crippen molar-refractivity contribution in [1.29, 1.82) is 0 Å². The maximum absolute atomic E-state index is 12.0. The highest BCUT2D eigenvalue weighted by Crippen LogP contribution is 2.17. The molecule has 0 heterocycles. The third-order valence-corrected chi connectivity index (χ3v) is 4.25. The van der Waals surface area contributed by atoms with Gasteiger partial charge in [0.15, 0.2) is 6.61 Å². The Morgan fingerprint density at radius 1 is 1.04 bits per heavy atom. The average Bonchev–Trinajstić information content (AvgIpc) is 2.52. The molecule has 0 fully saturated rings. The van der Waals surface area contributed by atoms with E-state index in [2.05, 4.69) is 0 Å². The first-order valence-electron chi connectivity index (χ1n) is 6.76. The van der Waals surface area contributed by atoms with Crippen LogP contribution in [0, 0.1) is 6.92 Å². The molecule has 0 aliphatic carbocycles. The largest absolute Gasteiger partial charge is 0.482 e. The van der Waals surface area contributed by atoms with Crippen LogP contribution in [0.1, 0.15) is 11.1 Å². The Morgan fingerprint density at radius 2 is 1.65 bits per heavy atom. The van der Waals surface area contributed by atoms with Crippen molar-refractivity contribution in [3.05, 3.63) is 59.7 Å². The summed E-state index contributed by atoms with van der Waals surface area (Å²) >= 11 is 0.